The van der Waals surface area contributed by atoms with Gasteiger partial charge in [0.2, 0.25) is 0 Å². The first-order chi connectivity index (χ1) is 22.5. The van der Waals surface area contributed by atoms with Gasteiger partial charge in [0.25, 0.3) is 0 Å². The number of Topliss-reactive ketones (excluding diaryl/α,β-unsaturated/α-hetero) is 1. The van der Waals surface area contributed by atoms with Crippen LogP contribution < -0.4 is 14.2 Å². The fourth-order valence-electron chi connectivity index (χ4n) is 6.47. The van der Waals surface area contributed by atoms with E-state index >= 15 is 0 Å². The quantitative estimate of drug-likeness (QED) is 0.171. The number of hydrogen-bond donors (Lipinski definition) is 0. The monoisotopic (exact) mass is 615 g/mol. The van der Waals surface area contributed by atoms with Crippen molar-refractivity contribution in [2.75, 3.05) is 14.2 Å². The number of carbonyl (C=O) groups is 2. The third-order valence-electron chi connectivity index (χ3n) is 8.74. The number of para-hydroxylation sites is 1. The van der Waals surface area contributed by atoms with Gasteiger partial charge in [0.1, 0.15) is 24.9 Å². The highest BCUT2D eigenvalue weighted by Crippen LogP contribution is 2.49. The average Bonchev–Trinajstić information content (AvgIpc) is 3.09. The molecule has 234 valence electrons. The van der Waals surface area contributed by atoms with E-state index in [1.807, 2.05) is 110 Å². The lowest BCUT2D eigenvalue weighted by atomic mass is 9.69. The van der Waals surface area contributed by atoms with Crippen molar-refractivity contribution in [1.29, 1.82) is 0 Å². The molecule has 0 amide bonds. The highest BCUT2D eigenvalue weighted by atomic mass is 16.5. The second kappa shape index (κ2) is 13.9. The van der Waals surface area contributed by atoms with Crippen molar-refractivity contribution in [3.05, 3.63) is 137 Å². The summed E-state index contributed by atoms with van der Waals surface area (Å²) < 4.78 is 23.2. The molecular weight excluding hydrogens is 578 g/mol. The van der Waals surface area contributed by atoms with E-state index in [1.165, 1.54) is 0 Å². The maximum atomic E-state index is 14.2. The van der Waals surface area contributed by atoms with Gasteiger partial charge in [0.05, 0.1) is 14.2 Å². The van der Waals surface area contributed by atoms with Gasteiger partial charge in [0.15, 0.2) is 17.3 Å². The molecule has 7 heteroatoms. The number of methoxy groups -OCH3 is 2. The van der Waals surface area contributed by atoms with E-state index in [9.17, 15) is 9.59 Å². The molecule has 7 nitrogen and oxygen atoms in total. The molecule has 3 atom stereocenters. The van der Waals surface area contributed by atoms with E-state index in [-0.39, 0.29) is 24.7 Å². The molecule has 0 bridgehead atoms. The fourth-order valence-corrected chi connectivity index (χ4v) is 6.47. The average molecular weight is 616 g/mol. The minimum atomic E-state index is -0.787. The Kier molecular flexibility index (Phi) is 9.29. The molecule has 2 aliphatic rings. The third kappa shape index (κ3) is 6.45. The summed E-state index contributed by atoms with van der Waals surface area (Å²) in [5, 5.41) is 0. The number of ether oxygens (including phenoxy) is 4. The summed E-state index contributed by atoms with van der Waals surface area (Å²) in [6.45, 7) is 2.33. The molecule has 0 saturated carbocycles. The Hall–Kier alpha value is -5.17. The number of benzene rings is 4. The number of ketones is 1. The van der Waals surface area contributed by atoms with Gasteiger partial charge in [-0.25, -0.2) is 0 Å². The molecule has 0 fully saturated rings. The predicted octanol–water partition coefficient (Wildman–Crippen LogP) is 7.60. The minimum absolute atomic E-state index is 0.0407. The molecule has 0 spiro atoms. The zero-order valence-corrected chi connectivity index (χ0v) is 26.3. The van der Waals surface area contributed by atoms with E-state index < -0.39 is 17.8 Å². The Balaban J connectivity index is 1.38. The van der Waals surface area contributed by atoms with Crippen LogP contribution in [-0.2, 0) is 27.5 Å². The number of aliphatic imine (C=N–C) groups is 1. The number of hydrogen-bond acceptors (Lipinski definition) is 7. The molecule has 4 aromatic carbocycles. The first kappa shape index (κ1) is 30.8. The molecule has 0 saturated heterocycles. The molecule has 1 heterocycles. The van der Waals surface area contributed by atoms with E-state index in [4.69, 9.17) is 23.9 Å². The zero-order chi connectivity index (χ0) is 32.0. The van der Waals surface area contributed by atoms with Gasteiger partial charge in [-0.3, -0.25) is 14.6 Å². The number of esters is 1. The van der Waals surface area contributed by atoms with Crippen LogP contribution in [0.15, 0.2) is 119 Å². The molecule has 1 aliphatic heterocycles. The minimum Gasteiger partial charge on any atom is -0.493 e. The fraction of sp³-hybridized carbons (Fsp3) is 0.256. The van der Waals surface area contributed by atoms with Crippen molar-refractivity contribution >= 4 is 17.5 Å². The highest BCUT2D eigenvalue weighted by Gasteiger charge is 2.45. The maximum Gasteiger partial charge on any atom is 0.315 e. The molecule has 0 aromatic heterocycles. The van der Waals surface area contributed by atoms with Crippen LogP contribution >= 0.6 is 0 Å². The lowest BCUT2D eigenvalue weighted by Gasteiger charge is -2.37. The summed E-state index contributed by atoms with van der Waals surface area (Å²) in [6, 6.07) is 32.9. The van der Waals surface area contributed by atoms with Crippen LogP contribution in [0.25, 0.3) is 0 Å². The van der Waals surface area contributed by atoms with E-state index in [0.29, 0.717) is 47.3 Å². The van der Waals surface area contributed by atoms with Gasteiger partial charge in [-0.05, 0) is 54.2 Å². The van der Waals surface area contributed by atoms with Crippen molar-refractivity contribution in [2.45, 2.75) is 44.8 Å². The topological polar surface area (TPSA) is 83.4 Å². The molecule has 0 N–H and O–H groups in total. The van der Waals surface area contributed by atoms with Crippen molar-refractivity contribution in [3.8, 4) is 17.2 Å². The lowest BCUT2D eigenvalue weighted by Crippen LogP contribution is -2.38. The second-order valence-electron chi connectivity index (χ2n) is 11.6. The van der Waals surface area contributed by atoms with Crippen molar-refractivity contribution in [2.24, 2.45) is 10.9 Å². The largest absolute Gasteiger partial charge is 0.493 e. The van der Waals surface area contributed by atoms with E-state index in [2.05, 4.69) is 0 Å². The highest BCUT2D eigenvalue weighted by molar-refractivity contribution is 6.09. The Morgan fingerprint density at radius 2 is 1.41 bits per heavy atom. The number of carbonyl (C=O) groups excluding carboxylic acids is 2. The van der Waals surface area contributed by atoms with Crippen LogP contribution in [-0.4, -0.2) is 31.7 Å². The number of rotatable bonds is 10. The van der Waals surface area contributed by atoms with Gasteiger partial charge in [-0.1, -0.05) is 84.9 Å². The summed E-state index contributed by atoms with van der Waals surface area (Å²) in [5.74, 6) is -0.103. The molecule has 1 aliphatic carbocycles. The Morgan fingerprint density at radius 3 is 2.11 bits per heavy atom. The second-order valence-corrected chi connectivity index (χ2v) is 11.6. The van der Waals surface area contributed by atoms with Crippen LogP contribution in [0.2, 0.25) is 0 Å². The van der Waals surface area contributed by atoms with Gasteiger partial charge >= 0.3 is 5.97 Å². The van der Waals surface area contributed by atoms with Crippen LogP contribution in [0.4, 0.5) is 0 Å². The third-order valence-corrected chi connectivity index (χ3v) is 8.74. The van der Waals surface area contributed by atoms with Gasteiger partial charge < -0.3 is 18.9 Å². The summed E-state index contributed by atoms with van der Waals surface area (Å²) in [7, 11) is 3.20. The van der Waals surface area contributed by atoms with E-state index in [0.717, 1.165) is 22.3 Å². The lowest BCUT2D eigenvalue weighted by molar-refractivity contribution is -0.148. The zero-order valence-electron chi connectivity index (χ0n) is 26.3. The predicted molar refractivity (Wildman–Crippen MR) is 176 cm³/mol. The summed E-state index contributed by atoms with van der Waals surface area (Å²) >= 11 is 0. The molecular formula is C39H37NO6. The standard InChI is InChI=1S/C39H37NO6/c1-25-36(39(42)46-24-27-14-8-5-9-15-27)37(30-16-10-11-17-33(30)45-23-26-12-6-4-7-13-26)38-31(40-25)20-29(21-32(38)41)28-18-19-34(43-2)35(22-28)44-3/h4-19,22,29,36-37H,20-21,23-24H2,1-3H3/t29-,36?,37+/m1/s1. The maximum absolute atomic E-state index is 14.2. The van der Waals surface area contributed by atoms with E-state index in [1.54, 1.807) is 14.2 Å². The molecule has 1 unspecified atom stereocenters. The number of allylic oxidation sites excluding steroid dienone is 2. The normalized spacial score (nSPS) is 19.2. The van der Waals surface area contributed by atoms with Gasteiger partial charge in [-0.15, -0.1) is 0 Å². The molecule has 6 rings (SSSR count). The van der Waals surface area contributed by atoms with Crippen LogP contribution in [0.5, 0.6) is 17.2 Å². The van der Waals surface area contributed by atoms with Crippen LogP contribution in [0.1, 0.15) is 53.9 Å². The first-order valence-electron chi connectivity index (χ1n) is 15.5. The Morgan fingerprint density at radius 1 is 0.761 bits per heavy atom. The van der Waals surface area contributed by atoms with Crippen molar-refractivity contribution in [3.63, 3.8) is 0 Å². The number of nitrogens with zero attached hydrogens (tertiary/aromatic N) is 1. The molecule has 46 heavy (non-hydrogen) atoms. The van der Waals surface area contributed by atoms with Crippen molar-refractivity contribution in [1.82, 2.24) is 0 Å². The molecule has 0 radical (unpaired) electrons. The summed E-state index contributed by atoms with van der Waals surface area (Å²) in [6.07, 6.45) is 0.821. The first-order valence-corrected chi connectivity index (χ1v) is 15.5. The van der Waals surface area contributed by atoms with Crippen LogP contribution in [0, 0.1) is 5.92 Å². The Bertz CT molecular complexity index is 1780. The smallest absolute Gasteiger partial charge is 0.315 e. The van der Waals surface area contributed by atoms with Crippen LogP contribution in [0.3, 0.4) is 0 Å². The summed E-state index contributed by atoms with van der Waals surface area (Å²) in [4.78, 5) is 33.1. The SMILES string of the molecule is COc1ccc([C@H]2CC(=O)C3=C(C2)N=C(C)C(C(=O)OCc2ccccc2)[C@@H]3c2ccccc2OCc2ccccc2)cc1OC. The summed E-state index contributed by atoms with van der Waals surface area (Å²) in [5.41, 5.74) is 5.50. The van der Waals surface area contributed by atoms with Gasteiger partial charge in [-0.2, -0.15) is 0 Å². The Labute approximate surface area is 269 Å². The van der Waals surface area contributed by atoms with Crippen molar-refractivity contribution < 1.29 is 28.5 Å². The molecule has 4 aromatic rings. The van der Waals surface area contributed by atoms with Gasteiger partial charge in [0, 0.05) is 34.9 Å².